The topological polar surface area (TPSA) is 117 Å². The van der Waals surface area contributed by atoms with Gasteiger partial charge in [0.25, 0.3) is 5.91 Å². The molecule has 4 aromatic rings. The number of Topliss-reactive ketones (excluding diaryl/α,β-unsaturated/α-hetero) is 1. The van der Waals surface area contributed by atoms with Gasteiger partial charge >= 0.3 is 0 Å². The molecule has 4 rings (SSSR count). The fourth-order valence-corrected chi connectivity index (χ4v) is 3.16. The third-order valence-corrected chi connectivity index (χ3v) is 4.87. The highest BCUT2D eigenvalue weighted by molar-refractivity contribution is 5.94. The maximum atomic E-state index is 12.1. The number of rotatable bonds is 10. The number of aromatic nitrogens is 4. The summed E-state index contributed by atoms with van der Waals surface area (Å²) in [7, 11) is 1.47. The van der Waals surface area contributed by atoms with Crippen molar-refractivity contribution in [2.24, 2.45) is 0 Å². The van der Waals surface area contributed by atoms with E-state index in [0.717, 1.165) is 5.56 Å². The molecule has 174 valence electrons. The van der Waals surface area contributed by atoms with E-state index in [4.69, 9.17) is 14.2 Å². The molecule has 0 aliphatic rings. The summed E-state index contributed by atoms with van der Waals surface area (Å²) < 4.78 is 18.0. The summed E-state index contributed by atoms with van der Waals surface area (Å²) >= 11 is 0. The molecular formula is C24H23N5O5. The molecular weight excluding hydrogens is 438 g/mol. The van der Waals surface area contributed by atoms with Gasteiger partial charge in [-0.25, -0.2) is 0 Å². The molecule has 0 atom stereocenters. The van der Waals surface area contributed by atoms with Crippen LogP contribution in [0.5, 0.6) is 17.4 Å². The highest BCUT2D eigenvalue weighted by atomic mass is 16.5. The van der Waals surface area contributed by atoms with Crippen LogP contribution in [0.1, 0.15) is 17.3 Å². The van der Waals surface area contributed by atoms with Crippen molar-refractivity contribution < 1.29 is 23.8 Å². The minimum Gasteiger partial charge on any atom is -0.493 e. The molecule has 1 amide bonds. The lowest BCUT2D eigenvalue weighted by molar-refractivity contribution is -0.123. The molecule has 0 saturated heterocycles. The Morgan fingerprint density at radius 1 is 0.971 bits per heavy atom. The monoisotopic (exact) mass is 461 g/mol. The maximum Gasteiger partial charge on any atom is 0.258 e. The molecule has 0 spiro atoms. The van der Waals surface area contributed by atoms with Crippen LogP contribution in [-0.2, 0) is 4.79 Å². The number of fused-ring (bicyclic) bond motifs is 1. The highest BCUT2D eigenvalue weighted by Crippen LogP contribution is 2.28. The van der Waals surface area contributed by atoms with E-state index in [0.29, 0.717) is 34.4 Å². The normalized spacial score (nSPS) is 10.6. The molecule has 10 nitrogen and oxygen atoms in total. The predicted octanol–water partition coefficient (Wildman–Crippen LogP) is 2.58. The molecule has 2 aromatic heterocycles. The van der Waals surface area contributed by atoms with Gasteiger partial charge in [-0.15, -0.1) is 15.3 Å². The van der Waals surface area contributed by atoms with E-state index in [2.05, 4.69) is 20.6 Å². The van der Waals surface area contributed by atoms with E-state index in [1.807, 2.05) is 30.3 Å². The van der Waals surface area contributed by atoms with Crippen molar-refractivity contribution in [3.8, 4) is 28.8 Å². The zero-order valence-corrected chi connectivity index (χ0v) is 18.7. The Morgan fingerprint density at radius 3 is 2.56 bits per heavy atom. The maximum absolute atomic E-state index is 12.1. The lowest BCUT2D eigenvalue weighted by Crippen LogP contribution is -2.32. The van der Waals surface area contributed by atoms with Gasteiger partial charge in [-0.05, 0) is 31.2 Å². The van der Waals surface area contributed by atoms with Crippen LogP contribution in [-0.4, -0.2) is 58.4 Å². The van der Waals surface area contributed by atoms with Crippen LogP contribution >= 0.6 is 0 Å². The van der Waals surface area contributed by atoms with E-state index in [1.165, 1.54) is 14.0 Å². The average Bonchev–Trinajstić information content (AvgIpc) is 3.29. The van der Waals surface area contributed by atoms with Crippen molar-refractivity contribution >= 4 is 17.3 Å². The van der Waals surface area contributed by atoms with Gasteiger partial charge in [0.05, 0.1) is 13.7 Å². The first-order valence-corrected chi connectivity index (χ1v) is 10.5. The summed E-state index contributed by atoms with van der Waals surface area (Å²) in [6.45, 7) is 1.73. The van der Waals surface area contributed by atoms with Gasteiger partial charge in [-0.1, -0.05) is 30.3 Å². The van der Waals surface area contributed by atoms with E-state index in [-0.39, 0.29) is 31.4 Å². The number of hydrogen-bond donors (Lipinski definition) is 1. The summed E-state index contributed by atoms with van der Waals surface area (Å²) in [6.07, 6.45) is 0. The van der Waals surface area contributed by atoms with E-state index in [9.17, 15) is 9.59 Å². The molecule has 0 aliphatic carbocycles. The minimum absolute atomic E-state index is 0.0863. The SMILES string of the molecule is COc1cc(C(C)=O)ccc1OCC(=O)NCCOc1ccc2nnc(-c3ccccc3)n2n1. The van der Waals surface area contributed by atoms with Crippen molar-refractivity contribution in [1.29, 1.82) is 0 Å². The Hall–Kier alpha value is -4.47. The summed E-state index contributed by atoms with van der Waals surface area (Å²) in [4.78, 5) is 23.6. The van der Waals surface area contributed by atoms with Gasteiger partial charge in [0.15, 0.2) is 35.4 Å². The summed E-state index contributed by atoms with van der Waals surface area (Å²) in [6, 6.07) is 17.9. The second-order valence-electron chi connectivity index (χ2n) is 7.24. The third kappa shape index (κ3) is 5.29. The van der Waals surface area contributed by atoms with Crippen molar-refractivity contribution in [2.75, 3.05) is 26.9 Å². The van der Waals surface area contributed by atoms with Crippen molar-refractivity contribution in [1.82, 2.24) is 25.1 Å². The molecule has 0 unspecified atom stereocenters. The molecule has 0 saturated carbocycles. The van der Waals surface area contributed by atoms with Crippen molar-refractivity contribution in [3.05, 3.63) is 66.2 Å². The lowest BCUT2D eigenvalue weighted by Gasteiger charge is -2.12. The number of methoxy groups -OCH3 is 1. The summed E-state index contributed by atoms with van der Waals surface area (Å²) in [5.41, 5.74) is 1.99. The van der Waals surface area contributed by atoms with Crippen LogP contribution in [0.25, 0.3) is 17.0 Å². The Balaban J connectivity index is 1.27. The Morgan fingerprint density at radius 2 is 1.79 bits per heavy atom. The number of ketones is 1. The van der Waals surface area contributed by atoms with Gasteiger partial charge in [-0.3, -0.25) is 9.59 Å². The molecule has 34 heavy (non-hydrogen) atoms. The first-order valence-electron chi connectivity index (χ1n) is 10.5. The molecule has 0 aliphatic heterocycles. The van der Waals surface area contributed by atoms with E-state index < -0.39 is 0 Å². The average molecular weight is 461 g/mol. The smallest absolute Gasteiger partial charge is 0.258 e. The molecule has 0 fully saturated rings. The van der Waals surface area contributed by atoms with Crippen LogP contribution in [0.15, 0.2) is 60.7 Å². The van der Waals surface area contributed by atoms with Crippen LogP contribution in [0.2, 0.25) is 0 Å². The number of nitrogens with one attached hydrogen (secondary N) is 1. The number of hydrogen-bond acceptors (Lipinski definition) is 8. The van der Waals surface area contributed by atoms with Crippen molar-refractivity contribution in [3.63, 3.8) is 0 Å². The largest absolute Gasteiger partial charge is 0.493 e. The molecule has 10 heteroatoms. The zero-order chi connectivity index (χ0) is 23.9. The van der Waals surface area contributed by atoms with Crippen LogP contribution < -0.4 is 19.5 Å². The first kappa shape index (κ1) is 22.7. The van der Waals surface area contributed by atoms with Gasteiger partial charge in [-0.2, -0.15) is 4.52 Å². The number of amides is 1. The second kappa shape index (κ2) is 10.4. The van der Waals surface area contributed by atoms with Crippen LogP contribution in [0, 0.1) is 0 Å². The van der Waals surface area contributed by atoms with Gasteiger partial charge in [0, 0.05) is 17.2 Å². The second-order valence-corrected chi connectivity index (χ2v) is 7.24. The van der Waals surface area contributed by atoms with E-state index >= 15 is 0 Å². The zero-order valence-electron chi connectivity index (χ0n) is 18.7. The fraction of sp³-hybridized carbons (Fsp3) is 0.208. The number of nitrogens with zero attached hydrogens (tertiary/aromatic N) is 4. The Labute approximate surface area is 195 Å². The highest BCUT2D eigenvalue weighted by Gasteiger charge is 2.12. The standard InChI is InChI=1S/C24H23N5O5/c1-16(30)18-8-9-19(20(14-18)32-2)34-15-22(31)25-12-13-33-23-11-10-21-26-27-24(29(21)28-23)17-6-4-3-5-7-17/h3-11,14H,12-13,15H2,1-2H3,(H,25,31). The predicted molar refractivity (Wildman–Crippen MR) is 123 cm³/mol. The number of carbonyl (C=O) groups is 2. The molecule has 1 N–H and O–H groups in total. The molecule has 2 heterocycles. The van der Waals surface area contributed by atoms with Crippen LogP contribution in [0.4, 0.5) is 0 Å². The Kier molecular flexibility index (Phi) is 6.97. The van der Waals surface area contributed by atoms with Gasteiger partial charge in [0.2, 0.25) is 5.88 Å². The van der Waals surface area contributed by atoms with Gasteiger partial charge in [0.1, 0.15) is 6.61 Å². The molecule has 2 aromatic carbocycles. The quantitative estimate of drug-likeness (QED) is 0.283. The fourth-order valence-electron chi connectivity index (χ4n) is 3.16. The first-order chi connectivity index (χ1) is 16.5. The van der Waals surface area contributed by atoms with Crippen molar-refractivity contribution in [2.45, 2.75) is 6.92 Å². The van der Waals surface area contributed by atoms with E-state index in [1.54, 1.807) is 34.8 Å². The molecule has 0 radical (unpaired) electrons. The third-order valence-electron chi connectivity index (χ3n) is 4.87. The lowest BCUT2D eigenvalue weighted by atomic mass is 10.1. The van der Waals surface area contributed by atoms with Gasteiger partial charge < -0.3 is 19.5 Å². The summed E-state index contributed by atoms with van der Waals surface area (Å²) in [5, 5.41) is 15.5. The molecule has 0 bridgehead atoms. The minimum atomic E-state index is -0.324. The Bertz CT molecular complexity index is 1310. The number of benzene rings is 2. The number of carbonyl (C=O) groups excluding carboxylic acids is 2. The number of ether oxygens (including phenoxy) is 3. The van der Waals surface area contributed by atoms with Crippen LogP contribution in [0.3, 0.4) is 0 Å². The summed E-state index contributed by atoms with van der Waals surface area (Å²) in [5.74, 6) is 1.34.